The molecule has 41 heavy (non-hydrogen) atoms. The van der Waals surface area contributed by atoms with E-state index in [0.717, 1.165) is 0 Å². The van der Waals surface area contributed by atoms with Gasteiger partial charge >= 0.3 is 0 Å². The molecule has 0 fully saturated rings. The minimum atomic E-state index is -0.251. The number of fused-ring (bicyclic) bond motifs is 7. The van der Waals surface area contributed by atoms with Crippen LogP contribution >= 0.6 is 11.8 Å². The molecule has 7 aromatic rings. The van der Waals surface area contributed by atoms with Crippen LogP contribution in [0.15, 0.2) is 149 Å². The van der Waals surface area contributed by atoms with E-state index in [9.17, 15) is 0 Å². The molecule has 0 N–H and O–H groups in total. The van der Waals surface area contributed by atoms with Crippen molar-refractivity contribution in [2.24, 2.45) is 0 Å². The first kappa shape index (κ1) is 23.1. The van der Waals surface area contributed by atoms with E-state index in [4.69, 9.17) is 0 Å². The zero-order valence-corrected chi connectivity index (χ0v) is 23.5. The zero-order valence-electron chi connectivity index (χ0n) is 22.7. The van der Waals surface area contributed by atoms with E-state index in [1.807, 2.05) is 11.8 Å². The van der Waals surface area contributed by atoms with Crippen molar-refractivity contribution >= 4 is 33.3 Å². The highest BCUT2D eigenvalue weighted by Crippen LogP contribution is 2.56. The van der Waals surface area contributed by atoms with Crippen molar-refractivity contribution in [2.45, 2.75) is 22.1 Å². The second-order valence-electron chi connectivity index (χ2n) is 11.4. The Kier molecular flexibility index (Phi) is 4.77. The van der Waals surface area contributed by atoms with Crippen LogP contribution in [0.3, 0.4) is 0 Å². The van der Waals surface area contributed by atoms with Gasteiger partial charge in [0.1, 0.15) is 0 Å². The van der Waals surface area contributed by atoms with E-state index in [2.05, 4.69) is 146 Å². The van der Waals surface area contributed by atoms with Crippen molar-refractivity contribution in [3.63, 3.8) is 0 Å². The van der Waals surface area contributed by atoms with Gasteiger partial charge in [0.05, 0.1) is 0 Å². The van der Waals surface area contributed by atoms with Crippen LogP contribution in [0.4, 0.5) is 0 Å². The summed E-state index contributed by atoms with van der Waals surface area (Å²) in [6.07, 6.45) is 0. The fourth-order valence-corrected chi connectivity index (χ4v) is 8.51. The first-order chi connectivity index (χ1) is 20.2. The van der Waals surface area contributed by atoms with E-state index in [1.54, 1.807) is 0 Å². The van der Waals surface area contributed by atoms with Gasteiger partial charge in [-0.05, 0) is 91.4 Å². The molecule has 2 aliphatic rings. The average molecular weight is 539 g/mol. The van der Waals surface area contributed by atoms with Gasteiger partial charge in [-0.3, -0.25) is 0 Å². The molecule has 0 saturated heterocycles. The Balaban J connectivity index is 1.36. The highest BCUT2D eigenvalue weighted by atomic mass is 32.2. The molecule has 1 aliphatic heterocycles. The van der Waals surface area contributed by atoms with Gasteiger partial charge in [0.2, 0.25) is 0 Å². The van der Waals surface area contributed by atoms with Crippen LogP contribution in [0, 0.1) is 0 Å². The molecular weight excluding hydrogens is 513 g/mol. The van der Waals surface area contributed by atoms with Gasteiger partial charge in [-0.15, -0.1) is 0 Å². The monoisotopic (exact) mass is 538 g/mol. The van der Waals surface area contributed by atoms with Gasteiger partial charge in [-0.1, -0.05) is 133 Å². The molecule has 0 bridgehead atoms. The van der Waals surface area contributed by atoms with Gasteiger partial charge < -0.3 is 0 Å². The van der Waals surface area contributed by atoms with Gasteiger partial charge in [0.25, 0.3) is 0 Å². The maximum absolute atomic E-state index is 2.49. The maximum atomic E-state index is 2.49. The standard InChI is InChI=1S/C40H26S/c1-40(28-12-3-2-4-13-28)33-23-20-25-10-5-6-14-29(25)38(33)31-22-19-27(24-34(31)40)30-21-18-26-11-9-17-36-37(26)39(30)32-15-7-8-16-35(32)41-36/h2-24H,1H3. The Bertz CT molecular complexity index is 2190. The van der Waals surface area contributed by atoms with Crippen LogP contribution in [-0.4, -0.2) is 0 Å². The van der Waals surface area contributed by atoms with Crippen molar-refractivity contribution in [1.29, 1.82) is 0 Å². The maximum Gasteiger partial charge on any atom is 0.0435 e. The molecule has 0 aromatic heterocycles. The van der Waals surface area contributed by atoms with E-state index in [-0.39, 0.29) is 5.41 Å². The highest BCUT2D eigenvalue weighted by molar-refractivity contribution is 7.99. The lowest BCUT2D eigenvalue weighted by atomic mass is 9.73. The Labute approximate surface area is 244 Å². The van der Waals surface area contributed by atoms with Crippen molar-refractivity contribution < 1.29 is 0 Å². The molecule has 1 aliphatic carbocycles. The van der Waals surface area contributed by atoms with Crippen LogP contribution in [0.25, 0.3) is 54.9 Å². The second kappa shape index (κ2) is 8.46. The van der Waals surface area contributed by atoms with Crippen molar-refractivity contribution in [2.75, 3.05) is 0 Å². The van der Waals surface area contributed by atoms with Crippen molar-refractivity contribution in [1.82, 2.24) is 0 Å². The average Bonchev–Trinajstić information content (AvgIpc) is 3.30. The third-order valence-electron chi connectivity index (χ3n) is 9.34. The molecule has 0 saturated carbocycles. The molecular formula is C40H26S. The molecule has 0 amide bonds. The first-order valence-corrected chi connectivity index (χ1v) is 15.1. The topological polar surface area (TPSA) is 0 Å². The van der Waals surface area contributed by atoms with E-state index < -0.39 is 0 Å². The molecule has 0 spiro atoms. The molecule has 1 heteroatoms. The highest BCUT2D eigenvalue weighted by Gasteiger charge is 2.41. The molecule has 1 heterocycles. The van der Waals surface area contributed by atoms with Crippen molar-refractivity contribution in [3.05, 3.63) is 156 Å². The predicted molar refractivity (Wildman–Crippen MR) is 174 cm³/mol. The Morgan fingerprint density at radius 3 is 2.15 bits per heavy atom. The predicted octanol–water partition coefficient (Wildman–Crippen LogP) is 11.1. The fraction of sp³-hybridized carbons (Fsp3) is 0.0500. The summed E-state index contributed by atoms with van der Waals surface area (Å²) < 4.78 is 0. The lowest BCUT2D eigenvalue weighted by Gasteiger charge is -2.29. The van der Waals surface area contributed by atoms with E-state index in [0.29, 0.717) is 0 Å². The fourth-order valence-electron chi connectivity index (χ4n) is 7.38. The molecule has 0 nitrogen and oxygen atoms in total. The Hall–Kier alpha value is -4.59. The van der Waals surface area contributed by atoms with Crippen LogP contribution in [0.2, 0.25) is 0 Å². The van der Waals surface area contributed by atoms with Crippen LogP contribution in [0.5, 0.6) is 0 Å². The van der Waals surface area contributed by atoms with Gasteiger partial charge in [0.15, 0.2) is 0 Å². The van der Waals surface area contributed by atoms with Crippen LogP contribution < -0.4 is 0 Å². The number of hydrogen-bond acceptors (Lipinski definition) is 1. The number of hydrogen-bond donors (Lipinski definition) is 0. The van der Waals surface area contributed by atoms with Crippen LogP contribution in [-0.2, 0) is 5.41 Å². The largest absolute Gasteiger partial charge is 0.0888 e. The second-order valence-corrected chi connectivity index (χ2v) is 12.5. The molecule has 192 valence electrons. The summed E-state index contributed by atoms with van der Waals surface area (Å²) in [6.45, 7) is 2.42. The SMILES string of the molecule is CC1(c2ccccc2)c2cc(-c3ccc4cccc5c4c3-c3ccccc3S5)ccc2-c2c1ccc1ccccc21. The summed E-state index contributed by atoms with van der Waals surface area (Å²) in [5, 5.41) is 5.29. The lowest BCUT2D eigenvalue weighted by molar-refractivity contribution is 0.714. The van der Waals surface area contributed by atoms with Crippen molar-refractivity contribution in [3.8, 4) is 33.4 Å². The third-order valence-corrected chi connectivity index (χ3v) is 10.5. The minimum Gasteiger partial charge on any atom is -0.0888 e. The molecule has 1 atom stereocenters. The smallest absolute Gasteiger partial charge is 0.0435 e. The molecule has 7 aromatic carbocycles. The first-order valence-electron chi connectivity index (χ1n) is 14.3. The zero-order chi connectivity index (χ0) is 27.1. The summed E-state index contributed by atoms with van der Waals surface area (Å²) in [5.41, 5.74) is 11.8. The van der Waals surface area contributed by atoms with Gasteiger partial charge in [-0.2, -0.15) is 0 Å². The normalized spacial score (nSPS) is 16.4. The molecule has 9 rings (SSSR count). The summed E-state index contributed by atoms with van der Waals surface area (Å²) in [7, 11) is 0. The van der Waals surface area contributed by atoms with Gasteiger partial charge in [-0.25, -0.2) is 0 Å². The minimum absolute atomic E-state index is 0.251. The quantitative estimate of drug-likeness (QED) is 0.211. The van der Waals surface area contributed by atoms with E-state index in [1.165, 1.54) is 81.4 Å². The molecule has 0 radical (unpaired) electrons. The summed E-state index contributed by atoms with van der Waals surface area (Å²) in [4.78, 5) is 2.67. The Morgan fingerprint density at radius 1 is 0.488 bits per heavy atom. The van der Waals surface area contributed by atoms with Crippen LogP contribution in [0.1, 0.15) is 23.6 Å². The third kappa shape index (κ3) is 3.13. The lowest BCUT2D eigenvalue weighted by Crippen LogP contribution is -2.22. The summed E-state index contributed by atoms with van der Waals surface area (Å²) in [5.74, 6) is 0. The summed E-state index contributed by atoms with van der Waals surface area (Å²) in [6, 6.07) is 52.0. The van der Waals surface area contributed by atoms with E-state index >= 15 is 0 Å². The molecule has 1 unspecified atom stereocenters. The Morgan fingerprint density at radius 2 is 1.22 bits per heavy atom. The number of benzene rings is 7. The number of rotatable bonds is 2. The summed E-state index contributed by atoms with van der Waals surface area (Å²) >= 11 is 1.89. The van der Waals surface area contributed by atoms with Gasteiger partial charge in [0, 0.05) is 20.6 Å².